The van der Waals surface area contributed by atoms with E-state index in [-0.39, 0.29) is 5.78 Å². The van der Waals surface area contributed by atoms with E-state index in [9.17, 15) is 4.79 Å². The minimum atomic E-state index is 0.191. The summed E-state index contributed by atoms with van der Waals surface area (Å²) in [5.74, 6) is 2.09. The fourth-order valence-electron chi connectivity index (χ4n) is 1.33. The second-order valence-electron chi connectivity index (χ2n) is 3.33. The molecule has 0 radical (unpaired) electrons. The molecule has 0 spiro atoms. The Morgan fingerprint density at radius 1 is 1.50 bits per heavy atom. The molecule has 0 fully saturated rings. The van der Waals surface area contributed by atoms with Crippen LogP contribution >= 0.6 is 0 Å². The van der Waals surface area contributed by atoms with E-state index >= 15 is 0 Å². The number of furan rings is 1. The van der Waals surface area contributed by atoms with Gasteiger partial charge in [0.05, 0.1) is 0 Å². The van der Waals surface area contributed by atoms with Gasteiger partial charge < -0.3 is 4.42 Å². The first-order valence-corrected chi connectivity index (χ1v) is 4.93. The van der Waals surface area contributed by atoms with Crippen LogP contribution in [0.15, 0.2) is 28.7 Å². The lowest BCUT2D eigenvalue weighted by Gasteiger charge is -1.94. The first-order chi connectivity index (χ1) is 6.72. The first-order valence-electron chi connectivity index (χ1n) is 4.93. The van der Waals surface area contributed by atoms with Crippen LogP contribution in [0.1, 0.15) is 31.3 Å². The van der Waals surface area contributed by atoms with Crippen LogP contribution < -0.4 is 0 Å². The van der Waals surface area contributed by atoms with E-state index < -0.39 is 0 Å². The smallest absolute Gasteiger partial charge is 0.155 e. The fraction of sp³-hybridized carbons (Fsp3) is 0.417. The summed E-state index contributed by atoms with van der Waals surface area (Å²) >= 11 is 0. The molecule has 0 unspecified atom stereocenters. The van der Waals surface area contributed by atoms with Crippen LogP contribution in [-0.2, 0) is 11.2 Å². The quantitative estimate of drug-likeness (QED) is 0.671. The van der Waals surface area contributed by atoms with E-state index in [1.807, 2.05) is 26.0 Å². The largest absolute Gasteiger partial charge is 0.466 e. The van der Waals surface area contributed by atoms with Crippen molar-refractivity contribution in [3.8, 4) is 0 Å². The second-order valence-corrected chi connectivity index (χ2v) is 3.33. The van der Waals surface area contributed by atoms with Gasteiger partial charge in [-0.3, -0.25) is 4.79 Å². The Bertz CT molecular complexity index is 321. The average molecular weight is 192 g/mol. The van der Waals surface area contributed by atoms with Crippen molar-refractivity contribution in [2.24, 2.45) is 0 Å². The molecule has 2 heteroatoms. The predicted molar refractivity (Wildman–Crippen MR) is 56.2 cm³/mol. The van der Waals surface area contributed by atoms with E-state index in [4.69, 9.17) is 4.42 Å². The zero-order valence-electron chi connectivity index (χ0n) is 8.75. The Morgan fingerprint density at radius 3 is 2.86 bits per heavy atom. The highest BCUT2D eigenvalue weighted by atomic mass is 16.3. The Morgan fingerprint density at radius 2 is 2.29 bits per heavy atom. The van der Waals surface area contributed by atoms with E-state index in [2.05, 4.69) is 0 Å². The maximum atomic E-state index is 11.1. The molecular weight excluding hydrogens is 176 g/mol. The average Bonchev–Trinajstić information content (AvgIpc) is 2.52. The Labute approximate surface area is 84.6 Å². The lowest BCUT2D eigenvalue weighted by Crippen LogP contribution is -1.93. The van der Waals surface area contributed by atoms with Crippen molar-refractivity contribution in [1.82, 2.24) is 0 Å². The SMILES string of the molecule is C/C=C/C(=O)CCCc1ccc(C)o1. The fourth-order valence-corrected chi connectivity index (χ4v) is 1.33. The number of hydrogen-bond donors (Lipinski definition) is 0. The number of carbonyl (C=O) groups excluding carboxylic acids is 1. The minimum absolute atomic E-state index is 0.191. The third kappa shape index (κ3) is 3.60. The van der Waals surface area contributed by atoms with Crippen molar-refractivity contribution < 1.29 is 9.21 Å². The van der Waals surface area contributed by atoms with Crippen molar-refractivity contribution in [2.45, 2.75) is 33.1 Å². The lowest BCUT2D eigenvalue weighted by molar-refractivity contribution is -0.114. The Balaban J connectivity index is 2.25. The molecule has 2 nitrogen and oxygen atoms in total. The molecule has 1 heterocycles. The molecule has 76 valence electrons. The maximum absolute atomic E-state index is 11.1. The highest BCUT2D eigenvalue weighted by Crippen LogP contribution is 2.09. The molecule has 0 bridgehead atoms. The zero-order valence-corrected chi connectivity index (χ0v) is 8.75. The van der Waals surface area contributed by atoms with Crippen molar-refractivity contribution in [3.63, 3.8) is 0 Å². The number of hydrogen-bond acceptors (Lipinski definition) is 2. The van der Waals surface area contributed by atoms with Crippen LogP contribution in [-0.4, -0.2) is 5.78 Å². The van der Waals surface area contributed by atoms with Gasteiger partial charge in [0.25, 0.3) is 0 Å². The summed E-state index contributed by atoms with van der Waals surface area (Å²) < 4.78 is 5.40. The van der Waals surface area contributed by atoms with E-state index in [0.717, 1.165) is 24.4 Å². The summed E-state index contributed by atoms with van der Waals surface area (Å²) in [6.45, 7) is 3.78. The summed E-state index contributed by atoms with van der Waals surface area (Å²) in [7, 11) is 0. The van der Waals surface area contributed by atoms with Gasteiger partial charge in [-0.15, -0.1) is 0 Å². The number of rotatable bonds is 5. The van der Waals surface area contributed by atoms with E-state index in [0.29, 0.717) is 6.42 Å². The van der Waals surface area contributed by atoms with Crippen molar-refractivity contribution in [1.29, 1.82) is 0 Å². The number of allylic oxidation sites excluding steroid dienone is 2. The molecule has 0 atom stereocenters. The third-order valence-electron chi connectivity index (χ3n) is 1.99. The molecule has 14 heavy (non-hydrogen) atoms. The van der Waals surface area contributed by atoms with Gasteiger partial charge in [-0.25, -0.2) is 0 Å². The van der Waals surface area contributed by atoms with Crippen LogP contribution in [0.4, 0.5) is 0 Å². The molecule has 0 aromatic carbocycles. The highest BCUT2D eigenvalue weighted by Gasteiger charge is 2.00. The summed E-state index contributed by atoms with van der Waals surface area (Å²) in [4.78, 5) is 11.1. The van der Waals surface area contributed by atoms with Gasteiger partial charge in [-0.2, -0.15) is 0 Å². The van der Waals surface area contributed by atoms with Gasteiger partial charge in [0.1, 0.15) is 11.5 Å². The van der Waals surface area contributed by atoms with Crippen LogP contribution in [0.2, 0.25) is 0 Å². The summed E-state index contributed by atoms with van der Waals surface area (Å²) in [6, 6.07) is 3.92. The second kappa shape index (κ2) is 5.43. The number of aryl methyl sites for hydroxylation is 2. The number of ketones is 1. The van der Waals surface area contributed by atoms with Gasteiger partial charge in [0, 0.05) is 12.8 Å². The molecule has 0 aliphatic rings. The van der Waals surface area contributed by atoms with Gasteiger partial charge in [0.15, 0.2) is 5.78 Å². The first kappa shape index (κ1) is 10.8. The zero-order chi connectivity index (χ0) is 10.4. The van der Waals surface area contributed by atoms with Crippen LogP contribution in [0.25, 0.3) is 0 Å². The predicted octanol–water partition coefficient (Wildman–Crippen LogP) is 3.06. The minimum Gasteiger partial charge on any atom is -0.466 e. The van der Waals surface area contributed by atoms with Crippen LogP contribution in [0.5, 0.6) is 0 Å². The molecule has 0 aliphatic carbocycles. The third-order valence-corrected chi connectivity index (χ3v) is 1.99. The van der Waals surface area contributed by atoms with Crippen molar-refractivity contribution >= 4 is 5.78 Å². The van der Waals surface area contributed by atoms with Gasteiger partial charge >= 0.3 is 0 Å². The summed E-state index contributed by atoms with van der Waals surface area (Å²) in [6.07, 6.45) is 5.70. The standard InChI is InChI=1S/C12H16O2/c1-3-5-11(13)6-4-7-12-9-8-10(2)14-12/h3,5,8-9H,4,6-7H2,1-2H3/b5-3+. The van der Waals surface area contributed by atoms with Crippen LogP contribution in [0.3, 0.4) is 0 Å². The van der Waals surface area contributed by atoms with Crippen LogP contribution in [0, 0.1) is 6.92 Å². The maximum Gasteiger partial charge on any atom is 0.155 e. The monoisotopic (exact) mass is 192 g/mol. The van der Waals surface area contributed by atoms with Crippen molar-refractivity contribution in [2.75, 3.05) is 0 Å². The normalized spacial score (nSPS) is 11.0. The Kier molecular flexibility index (Phi) is 4.17. The summed E-state index contributed by atoms with van der Waals surface area (Å²) in [5.41, 5.74) is 0. The van der Waals surface area contributed by atoms with Gasteiger partial charge in [-0.05, 0) is 38.5 Å². The molecule has 1 aromatic heterocycles. The molecule has 1 rings (SSSR count). The molecule has 0 saturated heterocycles. The number of carbonyl (C=O) groups is 1. The van der Waals surface area contributed by atoms with E-state index in [1.165, 1.54) is 0 Å². The molecule has 0 amide bonds. The van der Waals surface area contributed by atoms with E-state index in [1.54, 1.807) is 12.2 Å². The van der Waals surface area contributed by atoms with Crippen molar-refractivity contribution in [3.05, 3.63) is 35.8 Å². The molecule has 0 N–H and O–H groups in total. The lowest BCUT2D eigenvalue weighted by atomic mass is 10.1. The summed E-state index contributed by atoms with van der Waals surface area (Å²) in [5, 5.41) is 0. The van der Waals surface area contributed by atoms with Gasteiger partial charge in [-0.1, -0.05) is 6.08 Å². The Hall–Kier alpha value is -1.31. The molecule has 0 aliphatic heterocycles. The molecule has 1 aromatic rings. The molecular formula is C12H16O2. The molecule has 0 saturated carbocycles. The van der Waals surface area contributed by atoms with Gasteiger partial charge in [0.2, 0.25) is 0 Å². The topological polar surface area (TPSA) is 30.2 Å². The highest BCUT2D eigenvalue weighted by molar-refractivity contribution is 5.89.